The van der Waals surface area contributed by atoms with E-state index in [4.69, 9.17) is 10.5 Å². The van der Waals surface area contributed by atoms with Gasteiger partial charge in [0.1, 0.15) is 0 Å². The highest BCUT2D eigenvalue weighted by Gasteiger charge is 2.39. The molecule has 2 rings (SSSR count). The summed E-state index contributed by atoms with van der Waals surface area (Å²) in [7, 11) is 0. The van der Waals surface area contributed by atoms with Gasteiger partial charge in [-0.15, -0.1) is 0 Å². The van der Waals surface area contributed by atoms with Gasteiger partial charge in [-0.2, -0.15) is 0 Å². The van der Waals surface area contributed by atoms with Crippen molar-refractivity contribution in [3.63, 3.8) is 0 Å². The van der Waals surface area contributed by atoms with Gasteiger partial charge in [0.25, 0.3) is 0 Å². The molecule has 0 aromatic heterocycles. The number of nitrogens with zero attached hydrogens (tertiary/aromatic N) is 1. The van der Waals surface area contributed by atoms with Crippen LogP contribution < -0.4 is 5.73 Å². The molecule has 19 heavy (non-hydrogen) atoms. The van der Waals surface area contributed by atoms with Crippen molar-refractivity contribution < 1.29 is 9.53 Å². The van der Waals surface area contributed by atoms with E-state index in [2.05, 4.69) is 6.92 Å². The quantitative estimate of drug-likeness (QED) is 0.849. The van der Waals surface area contributed by atoms with Gasteiger partial charge in [-0.25, -0.2) is 0 Å². The summed E-state index contributed by atoms with van der Waals surface area (Å²) in [5.74, 6) is 0.164. The van der Waals surface area contributed by atoms with Gasteiger partial charge in [-0.1, -0.05) is 26.2 Å². The third-order valence-electron chi connectivity index (χ3n) is 4.39. The van der Waals surface area contributed by atoms with Gasteiger partial charge in [-0.3, -0.25) is 4.79 Å². The van der Waals surface area contributed by atoms with Crippen molar-refractivity contribution in [1.82, 2.24) is 4.90 Å². The smallest absolute Gasteiger partial charge is 0.242 e. The van der Waals surface area contributed by atoms with Gasteiger partial charge < -0.3 is 15.4 Å². The molecule has 2 N–H and O–H groups in total. The average molecular weight is 268 g/mol. The van der Waals surface area contributed by atoms with Crippen LogP contribution in [0.15, 0.2) is 0 Å². The summed E-state index contributed by atoms with van der Waals surface area (Å²) in [6.07, 6.45) is 8.45. The molecule has 2 aliphatic rings. The van der Waals surface area contributed by atoms with Gasteiger partial charge in [0.05, 0.1) is 11.6 Å². The maximum absolute atomic E-state index is 12.6. The van der Waals surface area contributed by atoms with Crippen LogP contribution in [-0.2, 0) is 9.53 Å². The van der Waals surface area contributed by atoms with Gasteiger partial charge in [0, 0.05) is 19.7 Å². The molecule has 1 unspecified atom stereocenters. The van der Waals surface area contributed by atoms with Crippen LogP contribution in [0.4, 0.5) is 0 Å². The van der Waals surface area contributed by atoms with Gasteiger partial charge in [-0.05, 0) is 32.1 Å². The number of rotatable bonds is 4. The normalized spacial score (nSPS) is 27.3. The molecule has 1 aliphatic carbocycles. The Hall–Kier alpha value is -0.610. The van der Waals surface area contributed by atoms with E-state index < -0.39 is 5.54 Å². The molecule has 0 radical (unpaired) electrons. The Morgan fingerprint density at radius 1 is 1.32 bits per heavy atom. The zero-order valence-electron chi connectivity index (χ0n) is 12.2. The van der Waals surface area contributed by atoms with Gasteiger partial charge >= 0.3 is 0 Å². The monoisotopic (exact) mass is 268 g/mol. The van der Waals surface area contributed by atoms with Crippen LogP contribution in [-0.4, -0.2) is 42.1 Å². The highest BCUT2D eigenvalue weighted by Crippen LogP contribution is 2.29. The van der Waals surface area contributed by atoms with E-state index in [0.29, 0.717) is 0 Å². The number of likely N-dealkylation sites (tertiary alicyclic amines) is 1. The summed E-state index contributed by atoms with van der Waals surface area (Å²) in [5.41, 5.74) is 5.75. The molecule has 0 aromatic carbocycles. The first kappa shape index (κ1) is 14.8. The fourth-order valence-corrected chi connectivity index (χ4v) is 3.25. The average Bonchev–Trinajstić information content (AvgIpc) is 2.45. The molecular weight excluding hydrogens is 240 g/mol. The van der Waals surface area contributed by atoms with Crippen LogP contribution in [0.5, 0.6) is 0 Å². The Bertz CT molecular complexity index is 301. The first-order chi connectivity index (χ1) is 9.15. The maximum Gasteiger partial charge on any atom is 0.242 e. The number of hydrogen-bond acceptors (Lipinski definition) is 3. The van der Waals surface area contributed by atoms with E-state index in [9.17, 15) is 4.79 Å². The molecule has 4 heteroatoms. The first-order valence-electron chi connectivity index (χ1n) is 7.85. The lowest BCUT2D eigenvalue weighted by atomic mass is 9.81. The van der Waals surface area contributed by atoms with Crippen LogP contribution >= 0.6 is 0 Å². The SMILES string of the molecule is CCCOC1CCCN(C(=O)C2(N)CCCCC2)C1. The second-order valence-corrected chi connectivity index (χ2v) is 6.10. The Labute approximate surface area is 116 Å². The van der Waals surface area contributed by atoms with Crippen molar-refractivity contribution >= 4 is 5.91 Å². The van der Waals surface area contributed by atoms with Crippen molar-refractivity contribution in [1.29, 1.82) is 0 Å². The fraction of sp³-hybridized carbons (Fsp3) is 0.933. The Balaban J connectivity index is 1.90. The Kier molecular flexibility index (Phi) is 5.22. The molecular formula is C15H28N2O2. The summed E-state index contributed by atoms with van der Waals surface area (Å²) in [5, 5.41) is 0. The van der Waals surface area contributed by atoms with Crippen LogP contribution in [0.2, 0.25) is 0 Å². The molecule has 0 spiro atoms. The summed E-state index contributed by atoms with van der Waals surface area (Å²) in [6, 6.07) is 0. The number of ether oxygens (including phenoxy) is 1. The number of nitrogens with two attached hydrogens (primary N) is 1. The van der Waals surface area contributed by atoms with Crippen molar-refractivity contribution in [2.45, 2.75) is 69.9 Å². The second kappa shape index (κ2) is 6.71. The number of carbonyl (C=O) groups excluding carboxylic acids is 1. The Morgan fingerprint density at radius 2 is 2.05 bits per heavy atom. The second-order valence-electron chi connectivity index (χ2n) is 6.10. The lowest BCUT2D eigenvalue weighted by Gasteiger charge is -2.40. The largest absolute Gasteiger partial charge is 0.376 e. The minimum atomic E-state index is -0.592. The van der Waals surface area contributed by atoms with E-state index in [0.717, 1.165) is 64.6 Å². The molecule has 1 aliphatic heterocycles. The summed E-state index contributed by atoms with van der Waals surface area (Å²) in [6.45, 7) is 4.49. The predicted molar refractivity (Wildman–Crippen MR) is 75.8 cm³/mol. The van der Waals surface area contributed by atoms with Crippen LogP contribution in [0.25, 0.3) is 0 Å². The summed E-state index contributed by atoms with van der Waals surface area (Å²) >= 11 is 0. The number of hydrogen-bond donors (Lipinski definition) is 1. The fourth-order valence-electron chi connectivity index (χ4n) is 3.25. The third-order valence-corrected chi connectivity index (χ3v) is 4.39. The van der Waals surface area contributed by atoms with E-state index in [1.165, 1.54) is 6.42 Å². The van der Waals surface area contributed by atoms with Crippen molar-refractivity contribution in [2.24, 2.45) is 5.73 Å². The maximum atomic E-state index is 12.6. The van der Waals surface area contributed by atoms with Crippen molar-refractivity contribution in [3.8, 4) is 0 Å². The van der Waals surface area contributed by atoms with E-state index in [1.54, 1.807) is 0 Å². The van der Waals surface area contributed by atoms with Gasteiger partial charge in [0.2, 0.25) is 5.91 Å². The molecule has 0 aromatic rings. The summed E-state index contributed by atoms with van der Waals surface area (Å²) in [4.78, 5) is 14.6. The van der Waals surface area contributed by atoms with E-state index in [1.807, 2.05) is 4.90 Å². The van der Waals surface area contributed by atoms with Crippen LogP contribution in [0.3, 0.4) is 0 Å². The minimum absolute atomic E-state index is 0.164. The first-order valence-corrected chi connectivity index (χ1v) is 7.85. The summed E-state index contributed by atoms with van der Waals surface area (Å²) < 4.78 is 5.80. The highest BCUT2D eigenvalue weighted by atomic mass is 16.5. The lowest BCUT2D eigenvalue weighted by Crippen LogP contribution is -2.58. The molecule has 2 fully saturated rings. The lowest BCUT2D eigenvalue weighted by molar-refractivity contribution is -0.142. The van der Waals surface area contributed by atoms with E-state index in [-0.39, 0.29) is 12.0 Å². The standard InChI is InChI=1S/C15H28N2O2/c1-2-11-19-13-7-6-10-17(12-13)14(18)15(16)8-4-3-5-9-15/h13H,2-12,16H2,1H3. The molecule has 1 saturated heterocycles. The van der Waals surface area contributed by atoms with Crippen LogP contribution in [0, 0.1) is 0 Å². The molecule has 1 atom stereocenters. The number of amides is 1. The minimum Gasteiger partial charge on any atom is -0.376 e. The highest BCUT2D eigenvalue weighted by molar-refractivity contribution is 5.86. The number of piperidine rings is 1. The molecule has 1 amide bonds. The molecule has 4 nitrogen and oxygen atoms in total. The van der Waals surface area contributed by atoms with E-state index >= 15 is 0 Å². The molecule has 0 bridgehead atoms. The van der Waals surface area contributed by atoms with Crippen LogP contribution in [0.1, 0.15) is 58.3 Å². The zero-order valence-corrected chi connectivity index (χ0v) is 12.2. The topological polar surface area (TPSA) is 55.6 Å². The molecule has 1 saturated carbocycles. The van der Waals surface area contributed by atoms with Crippen molar-refractivity contribution in [2.75, 3.05) is 19.7 Å². The number of carbonyl (C=O) groups is 1. The van der Waals surface area contributed by atoms with Gasteiger partial charge in [0.15, 0.2) is 0 Å². The molecule has 110 valence electrons. The predicted octanol–water partition coefficient (Wildman–Crippen LogP) is 2.07. The molecule has 1 heterocycles. The third kappa shape index (κ3) is 3.69. The zero-order chi connectivity index (χ0) is 13.7. The van der Waals surface area contributed by atoms with Crippen molar-refractivity contribution in [3.05, 3.63) is 0 Å². The Morgan fingerprint density at radius 3 is 2.74 bits per heavy atom.